The van der Waals surface area contributed by atoms with E-state index in [-0.39, 0.29) is 17.7 Å². The number of hydrogen-bond donors (Lipinski definition) is 2. The highest BCUT2D eigenvalue weighted by atomic mass is 19.4. The molecule has 1 heterocycles. The van der Waals surface area contributed by atoms with Crippen LogP contribution in [0.5, 0.6) is 0 Å². The molecule has 0 atom stereocenters. The fraction of sp³-hybridized carbons (Fsp3) is 0.185. The van der Waals surface area contributed by atoms with Crippen molar-refractivity contribution in [1.82, 2.24) is 9.88 Å². The van der Waals surface area contributed by atoms with E-state index in [1.807, 2.05) is 0 Å². The predicted octanol–water partition coefficient (Wildman–Crippen LogP) is 5.96. The van der Waals surface area contributed by atoms with Gasteiger partial charge in [-0.3, -0.25) is 4.79 Å². The molecule has 1 fully saturated rings. The van der Waals surface area contributed by atoms with Gasteiger partial charge in [0.15, 0.2) is 0 Å². The summed E-state index contributed by atoms with van der Waals surface area (Å²) >= 11 is 0. The van der Waals surface area contributed by atoms with E-state index in [4.69, 9.17) is 5.11 Å². The molecule has 0 bridgehead atoms. The highest BCUT2D eigenvalue weighted by Crippen LogP contribution is 2.46. The van der Waals surface area contributed by atoms with Crippen molar-refractivity contribution >= 4 is 22.8 Å². The number of aromatic nitrogens is 1. The van der Waals surface area contributed by atoms with Crippen LogP contribution < -0.4 is 5.32 Å². The van der Waals surface area contributed by atoms with Gasteiger partial charge >= 0.3 is 12.1 Å². The minimum absolute atomic E-state index is 0.107. The van der Waals surface area contributed by atoms with Crippen LogP contribution in [0.4, 0.5) is 17.6 Å². The van der Waals surface area contributed by atoms with Gasteiger partial charge in [-0.05, 0) is 66.4 Å². The molecule has 5 nitrogen and oxygen atoms in total. The summed E-state index contributed by atoms with van der Waals surface area (Å²) in [7, 11) is 0. The minimum atomic E-state index is -4.44. The number of fused-ring (bicyclic) bond motifs is 1. The maximum atomic E-state index is 14.4. The fourth-order valence-corrected chi connectivity index (χ4v) is 4.44. The van der Waals surface area contributed by atoms with E-state index in [0.717, 1.165) is 23.8 Å². The Morgan fingerprint density at radius 3 is 2.22 bits per heavy atom. The number of carboxylic acids is 1. The summed E-state index contributed by atoms with van der Waals surface area (Å²) in [5.74, 6) is -2.13. The maximum Gasteiger partial charge on any atom is 0.416 e. The number of carboxylic acid groups (broad SMARTS) is 1. The quantitative estimate of drug-likeness (QED) is 0.324. The number of carbonyl (C=O) groups excluding carboxylic acids is 1. The monoisotopic (exact) mass is 496 g/mol. The first-order valence-electron chi connectivity index (χ1n) is 11.2. The van der Waals surface area contributed by atoms with Crippen molar-refractivity contribution in [3.05, 3.63) is 107 Å². The molecule has 3 aromatic carbocycles. The maximum absolute atomic E-state index is 14.4. The molecule has 4 aromatic rings. The van der Waals surface area contributed by atoms with Crippen LogP contribution in [-0.2, 0) is 18.3 Å². The number of amides is 1. The SMILES string of the molecule is O=C(O)c1ccc(C2(NC(=O)c3cc(F)cc4ccn(Cc5ccc(C(F)(F)F)cc5)c34)CC2)cc1. The van der Waals surface area contributed by atoms with Crippen LogP contribution in [0.15, 0.2) is 72.9 Å². The molecular formula is C27H20F4N2O3. The van der Waals surface area contributed by atoms with Gasteiger partial charge in [0.2, 0.25) is 0 Å². The Labute approximate surface area is 203 Å². The molecule has 184 valence electrons. The van der Waals surface area contributed by atoms with Gasteiger partial charge < -0.3 is 15.0 Å². The lowest BCUT2D eigenvalue weighted by atomic mass is 10.0. The fourth-order valence-electron chi connectivity index (χ4n) is 4.44. The average molecular weight is 496 g/mol. The van der Waals surface area contributed by atoms with Crippen molar-refractivity contribution in [1.29, 1.82) is 0 Å². The lowest BCUT2D eigenvalue weighted by Gasteiger charge is -2.19. The number of halogens is 4. The van der Waals surface area contributed by atoms with E-state index < -0.39 is 35.0 Å². The Hall–Kier alpha value is -4.14. The molecule has 0 aliphatic heterocycles. The zero-order valence-electron chi connectivity index (χ0n) is 18.8. The zero-order valence-corrected chi connectivity index (χ0v) is 18.8. The molecule has 1 amide bonds. The van der Waals surface area contributed by atoms with Crippen LogP contribution in [0.2, 0.25) is 0 Å². The number of hydrogen-bond acceptors (Lipinski definition) is 2. The largest absolute Gasteiger partial charge is 0.478 e. The molecule has 1 saturated carbocycles. The van der Waals surface area contributed by atoms with Crippen LogP contribution in [0.25, 0.3) is 10.9 Å². The number of benzene rings is 3. The van der Waals surface area contributed by atoms with Crippen LogP contribution in [0.3, 0.4) is 0 Å². The third-order valence-corrected chi connectivity index (χ3v) is 6.49. The van der Waals surface area contributed by atoms with E-state index >= 15 is 0 Å². The number of alkyl halides is 3. The van der Waals surface area contributed by atoms with E-state index in [0.29, 0.717) is 29.3 Å². The predicted molar refractivity (Wildman–Crippen MR) is 124 cm³/mol. The smallest absolute Gasteiger partial charge is 0.416 e. The Morgan fingerprint density at radius 1 is 0.972 bits per heavy atom. The Morgan fingerprint density at radius 2 is 1.64 bits per heavy atom. The van der Waals surface area contributed by atoms with E-state index in [9.17, 15) is 27.2 Å². The summed E-state index contributed by atoms with van der Waals surface area (Å²) in [5.41, 5.74) is 0.631. The van der Waals surface area contributed by atoms with Crippen molar-refractivity contribution < 1.29 is 32.3 Å². The van der Waals surface area contributed by atoms with Gasteiger partial charge in [0.1, 0.15) is 5.82 Å². The molecule has 9 heteroatoms. The summed E-state index contributed by atoms with van der Waals surface area (Å²) in [6.45, 7) is 0.190. The molecule has 36 heavy (non-hydrogen) atoms. The number of nitrogens with one attached hydrogen (secondary N) is 1. The van der Waals surface area contributed by atoms with E-state index in [2.05, 4.69) is 5.32 Å². The van der Waals surface area contributed by atoms with Crippen molar-refractivity contribution in [3.63, 3.8) is 0 Å². The second kappa shape index (κ2) is 8.51. The lowest BCUT2D eigenvalue weighted by Crippen LogP contribution is -2.35. The van der Waals surface area contributed by atoms with E-state index in [1.165, 1.54) is 30.3 Å². The third-order valence-electron chi connectivity index (χ3n) is 6.49. The number of aromatic carboxylic acids is 1. The molecule has 1 aliphatic rings. The number of rotatable bonds is 6. The second-order valence-corrected chi connectivity index (χ2v) is 8.95. The van der Waals surface area contributed by atoms with Crippen LogP contribution in [-0.4, -0.2) is 21.6 Å². The lowest BCUT2D eigenvalue weighted by molar-refractivity contribution is -0.137. The van der Waals surface area contributed by atoms with Gasteiger partial charge in [-0.25, -0.2) is 9.18 Å². The van der Waals surface area contributed by atoms with Gasteiger partial charge in [0, 0.05) is 18.1 Å². The van der Waals surface area contributed by atoms with Gasteiger partial charge in [0.25, 0.3) is 5.91 Å². The van der Waals surface area contributed by atoms with Crippen molar-refractivity contribution in [2.45, 2.75) is 31.1 Å². The topological polar surface area (TPSA) is 71.3 Å². The molecular weight excluding hydrogens is 476 g/mol. The van der Waals surface area contributed by atoms with Gasteiger partial charge in [0.05, 0.1) is 27.7 Å². The van der Waals surface area contributed by atoms with Crippen LogP contribution >= 0.6 is 0 Å². The van der Waals surface area contributed by atoms with Gasteiger partial charge in [-0.15, -0.1) is 0 Å². The number of carbonyl (C=O) groups is 2. The summed E-state index contributed by atoms with van der Waals surface area (Å²) in [6, 6.07) is 15.1. The molecule has 0 unspecified atom stereocenters. The normalized spacial score (nSPS) is 14.6. The number of nitrogens with zero attached hydrogens (tertiary/aromatic N) is 1. The average Bonchev–Trinajstić information content (AvgIpc) is 3.51. The first-order chi connectivity index (χ1) is 17.1. The van der Waals surface area contributed by atoms with Crippen molar-refractivity contribution in [3.8, 4) is 0 Å². The van der Waals surface area contributed by atoms with E-state index in [1.54, 1.807) is 29.0 Å². The first kappa shape index (κ1) is 23.6. The summed E-state index contributed by atoms with van der Waals surface area (Å²) < 4.78 is 54.8. The minimum Gasteiger partial charge on any atom is -0.478 e. The molecule has 1 aliphatic carbocycles. The molecule has 0 radical (unpaired) electrons. The van der Waals surface area contributed by atoms with Crippen LogP contribution in [0.1, 0.15) is 50.2 Å². The highest BCUT2D eigenvalue weighted by molar-refractivity contribution is 6.06. The van der Waals surface area contributed by atoms with Crippen molar-refractivity contribution in [2.75, 3.05) is 0 Å². The third kappa shape index (κ3) is 4.44. The molecule has 0 spiro atoms. The molecule has 1 aromatic heterocycles. The molecule has 5 rings (SSSR count). The zero-order chi connectivity index (χ0) is 25.7. The Kier molecular flexibility index (Phi) is 5.58. The second-order valence-electron chi connectivity index (χ2n) is 8.95. The summed E-state index contributed by atoms with van der Waals surface area (Å²) in [4.78, 5) is 24.5. The standard InChI is InChI=1S/C27H20F4N2O3/c28-21-13-18-9-12-33(15-16-1-5-20(6-2-16)27(29,30)31)23(18)22(14-21)24(34)32-26(10-11-26)19-7-3-17(4-8-19)25(35)36/h1-9,12-14H,10-11,15H2,(H,32,34)(H,35,36). The molecule has 2 N–H and O–H groups in total. The van der Waals surface area contributed by atoms with Crippen LogP contribution in [0, 0.1) is 5.82 Å². The summed E-state index contributed by atoms with van der Waals surface area (Å²) in [6.07, 6.45) is -1.48. The van der Waals surface area contributed by atoms with Crippen molar-refractivity contribution in [2.24, 2.45) is 0 Å². The first-order valence-corrected chi connectivity index (χ1v) is 11.2. The molecule has 0 saturated heterocycles. The highest BCUT2D eigenvalue weighted by Gasteiger charge is 2.46. The van der Waals surface area contributed by atoms with Gasteiger partial charge in [-0.2, -0.15) is 13.2 Å². The van der Waals surface area contributed by atoms with Gasteiger partial charge in [-0.1, -0.05) is 24.3 Å². The Balaban J connectivity index is 1.44. The Bertz CT molecular complexity index is 1470. The summed E-state index contributed by atoms with van der Waals surface area (Å²) in [5, 5.41) is 12.6.